The number of piperidine rings is 1. The number of nitrogens with zero attached hydrogens (tertiary/aromatic N) is 1. The zero-order valence-electron chi connectivity index (χ0n) is 20.4. The zero-order valence-corrected chi connectivity index (χ0v) is 21.2. The van der Waals surface area contributed by atoms with Crippen molar-refractivity contribution in [3.63, 3.8) is 0 Å². The molecule has 1 spiro atoms. The van der Waals surface area contributed by atoms with Crippen LogP contribution >= 0.6 is 0 Å². The Labute approximate surface area is 202 Å². The van der Waals surface area contributed by atoms with Crippen LogP contribution in [0.25, 0.3) is 0 Å². The lowest BCUT2D eigenvalue weighted by atomic mass is 9.81. The third-order valence-electron chi connectivity index (χ3n) is 5.80. The molecule has 0 aliphatic carbocycles. The van der Waals surface area contributed by atoms with Gasteiger partial charge in [0.15, 0.2) is 0 Å². The van der Waals surface area contributed by atoms with Crippen molar-refractivity contribution in [3.05, 3.63) is 23.8 Å². The molecule has 0 radical (unpaired) electrons. The van der Waals surface area contributed by atoms with Crippen molar-refractivity contribution in [2.24, 2.45) is 0 Å². The van der Waals surface area contributed by atoms with Gasteiger partial charge in [-0.15, -0.1) is 0 Å². The van der Waals surface area contributed by atoms with Gasteiger partial charge in [0.05, 0.1) is 25.6 Å². The largest absolute Gasteiger partial charge is 0.487 e. The van der Waals surface area contributed by atoms with Gasteiger partial charge in [0, 0.05) is 43.9 Å². The lowest BCUT2D eigenvalue weighted by Crippen LogP contribution is -2.51. The number of aliphatic hydroxyl groups excluding tert-OH is 1. The summed E-state index contributed by atoms with van der Waals surface area (Å²) in [5, 5.41) is 13.4. The number of amides is 1. The van der Waals surface area contributed by atoms with Gasteiger partial charge >= 0.3 is 6.09 Å². The Morgan fingerprint density at radius 3 is 2.62 bits per heavy atom. The Morgan fingerprint density at radius 2 is 1.97 bits per heavy atom. The molecule has 1 fully saturated rings. The summed E-state index contributed by atoms with van der Waals surface area (Å²) >= 11 is 0. The van der Waals surface area contributed by atoms with Gasteiger partial charge in [0.1, 0.15) is 17.0 Å². The summed E-state index contributed by atoms with van der Waals surface area (Å²) in [6.45, 7) is 9.26. The normalized spacial score (nSPS) is 20.3. The zero-order chi connectivity index (χ0) is 25.0. The van der Waals surface area contributed by atoms with Gasteiger partial charge in [0.25, 0.3) is 0 Å². The monoisotopic (exact) mass is 499 g/mol. The summed E-state index contributed by atoms with van der Waals surface area (Å²) in [6.07, 6.45) is 1.98. The Bertz CT molecular complexity index is 954. The molecule has 11 heteroatoms. The number of alkyl carbamates (subject to hydrolysis) is 1. The van der Waals surface area contributed by atoms with E-state index < -0.39 is 33.4 Å². The van der Waals surface area contributed by atoms with Crippen LogP contribution in [-0.2, 0) is 19.5 Å². The third kappa shape index (κ3) is 8.00. The van der Waals surface area contributed by atoms with Gasteiger partial charge in [-0.05, 0) is 51.8 Å². The van der Waals surface area contributed by atoms with Crippen LogP contribution in [0.2, 0.25) is 0 Å². The standard InChI is InChI=1S/C23H37N3O7S/c1-22(2,3)33-21(28)24-9-13-31-14-12-26-10-7-23(8-11-26)16-19(27)18-15-17(25-34(4,29)30)5-6-20(18)32-23/h5-6,15,19,25,27H,7-14,16H2,1-4H3,(H,24,28)/t19-/m1/s1. The van der Waals surface area contributed by atoms with Crippen molar-refractivity contribution in [3.8, 4) is 5.75 Å². The minimum absolute atomic E-state index is 0.393. The minimum Gasteiger partial charge on any atom is -0.487 e. The van der Waals surface area contributed by atoms with E-state index in [1.165, 1.54) is 0 Å². The van der Waals surface area contributed by atoms with Crippen LogP contribution in [0, 0.1) is 0 Å². The van der Waals surface area contributed by atoms with Crippen LogP contribution in [0.15, 0.2) is 18.2 Å². The Morgan fingerprint density at radius 1 is 1.26 bits per heavy atom. The Balaban J connectivity index is 1.40. The molecule has 2 aliphatic rings. The predicted molar refractivity (Wildman–Crippen MR) is 129 cm³/mol. The molecular formula is C23H37N3O7S. The number of fused-ring (bicyclic) bond motifs is 1. The first kappa shape index (κ1) is 26.5. The number of rotatable bonds is 8. The maximum atomic E-state index is 11.6. The summed E-state index contributed by atoms with van der Waals surface area (Å²) in [7, 11) is -3.39. The van der Waals surface area contributed by atoms with Crippen molar-refractivity contribution in [1.29, 1.82) is 0 Å². The number of carbonyl (C=O) groups is 1. The van der Waals surface area contributed by atoms with Crippen LogP contribution in [0.3, 0.4) is 0 Å². The Hall–Kier alpha value is -2.08. The number of anilines is 1. The molecule has 0 bridgehead atoms. The molecule has 0 aromatic heterocycles. The molecule has 0 unspecified atom stereocenters. The topological polar surface area (TPSA) is 126 Å². The maximum Gasteiger partial charge on any atom is 0.407 e. The van der Waals surface area contributed by atoms with Crippen molar-refractivity contribution in [2.45, 2.75) is 57.3 Å². The van der Waals surface area contributed by atoms with Gasteiger partial charge in [-0.3, -0.25) is 4.72 Å². The van der Waals surface area contributed by atoms with Crippen molar-refractivity contribution < 1.29 is 32.5 Å². The molecule has 1 aromatic rings. The summed E-state index contributed by atoms with van der Waals surface area (Å²) in [4.78, 5) is 13.9. The molecule has 3 rings (SSSR count). The Kier molecular flexibility index (Phi) is 8.33. The fourth-order valence-electron chi connectivity index (χ4n) is 4.24. The van der Waals surface area contributed by atoms with E-state index in [0.29, 0.717) is 43.2 Å². The molecule has 1 atom stereocenters. The summed E-state index contributed by atoms with van der Waals surface area (Å²) < 4.78 is 42.5. The number of hydrogen-bond donors (Lipinski definition) is 3. The first-order valence-electron chi connectivity index (χ1n) is 11.6. The number of sulfonamides is 1. The highest BCUT2D eigenvalue weighted by Crippen LogP contribution is 2.45. The molecule has 1 aromatic carbocycles. The highest BCUT2D eigenvalue weighted by molar-refractivity contribution is 7.92. The molecule has 1 amide bonds. The fraction of sp³-hybridized carbons (Fsp3) is 0.696. The molecule has 3 N–H and O–H groups in total. The molecule has 0 saturated carbocycles. The van der Waals surface area contributed by atoms with Gasteiger partial charge in [0.2, 0.25) is 10.0 Å². The number of benzene rings is 1. The highest BCUT2D eigenvalue weighted by atomic mass is 32.2. The van der Waals surface area contributed by atoms with Crippen molar-refractivity contribution >= 4 is 21.8 Å². The number of likely N-dealkylation sites (tertiary alicyclic amines) is 1. The van der Waals surface area contributed by atoms with E-state index in [9.17, 15) is 18.3 Å². The van der Waals surface area contributed by atoms with Crippen LogP contribution < -0.4 is 14.8 Å². The summed E-state index contributed by atoms with van der Waals surface area (Å²) in [6, 6.07) is 5.01. The molecule has 192 valence electrons. The molecule has 2 heterocycles. The van der Waals surface area contributed by atoms with Gasteiger partial charge in [-0.1, -0.05) is 0 Å². The lowest BCUT2D eigenvalue weighted by Gasteiger charge is -2.46. The second-order valence-electron chi connectivity index (χ2n) is 10.0. The van der Waals surface area contributed by atoms with E-state index in [2.05, 4.69) is 14.9 Å². The SMILES string of the molecule is CC(C)(C)OC(=O)NCCOCCN1CCC2(CC1)C[C@@H](O)c1cc(NS(C)(=O)=O)ccc1O2. The van der Waals surface area contributed by atoms with E-state index in [0.717, 1.165) is 38.7 Å². The van der Waals surface area contributed by atoms with E-state index in [1.54, 1.807) is 18.2 Å². The molecule has 10 nitrogen and oxygen atoms in total. The number of ether oxygens (including phenoxy) is 3. The van der Waals surface area contributed by atoms with Crippen LogP contribution in [0.5, 0.6) is 5.75 Å². The lowest BCUT2D eigenvalue weighted by molar-refractivity contribution is -0.0566. The highest BCUT2D eigenvalue weighted by Gasteiger charge is 2.42. The second kappa shape index (κ2) is 10.7. The number of aliphatic hydroxyl groups is 1. The number of carbonyl (C=O) groups excluding carboxylic acids is 1. The first-order valence-corrected chi connectivity index (χ1v) is 13.5. The van der Waals surface area contributed by atoms with Gasteiger partial charge < -0.3 is 29.5 Å². The predicted octanol–water partition coefficient (Wildman–Crippen LogP) is 2.25. The molecule has 1 saturated heterocycles. The third-order valence-corrected chi connectivity index (χ3v) is 6.40. The van der Waals surface area contributed by atoms with Gasteiger partial charge in [-0.2, -0.15) is 0 Å². The first-order chi connectivity index (χ1) is 15.8. The van der Waals surface area contributed by atoms with E-state index >= 15 is 0 Å². The average molecular weight is 500 g/mol. The second-order valence-corrected chi connectivity index (χ2v) is 11.8. The van der Waals surface area contributed by atoms with Crippen LogP contribution in [-0.4, -0.2) is 81.4 Å². The maximum absolute atomic E-state index is 11.6. The van der Waals surface area contributed by atoms with E-state index in [-0.39, 0.29) is 0 Å². The van der Waals surface area contributed by atoms with E-state index in [1.807, 2.05) is 20.8 Å². The fourth-order valence-corrected chi connectivity index (χ4v) is 4.80. The quantitative estimate of drug-likeness (QED) is 0.465. The summed E-state index contributed by atoms with van der Waals surface area (Å²) in [5.41, 5.74) is 0.0770. The molecular weight excluding hydrogens is 462 g/mol. The van der Waals surface area contributed by atoms with Crippen molar-refractivity contribution in [2.75, 3.05) is 50.4 Å². The number of hydrogen-bond acceptors (Lipinski definition) is 8. The van der Waals surface area contributed by atoms with Gasteiger partial charge in [-0.25, -0.2) is 13.2 Å². The number of nitrogens with one attached hydrogen (secondary N) is 2. The average Bonchev–Trinajstić information content (AvgIpc) is 2.70. The summed E-state index contributed by atoms with van der Waals surface area (Å²) in [5.74, 6) is 0.604. The molecule has 2 aliphatic heterocycles. The van der Waals surface area contributed by atoms with E-state index in [4.69, 9.17) is 14.2 Å². The van der Waals surface area contributed by atoms with Crippen LogP contribution in [0.1, 0.15) is 51.7 Å². The smallest absolute Gasteiger partial charge is 0.407 e. The van der Waals surface area contributed by atoms with Crippen molar-refractivity contribution in [1.82, 2.24) is 10.2 Å². The van der Waals surface area contributed by atoms with Crippen LogP contribution in [0.4, 0.5) is 10.5 Å². The molecule has 34 heavy (non-hydrogen) atoms. The minimum atomic E-state index is -3.39.